The highest BCUT2D eigenvalue weighted by Crippen LogP contribution is 2.35. The Morgan fingerprint density at radius 3 is 2.47 bits per heavy atom. The van der Waals surface area contributed by atoms with Crippen molar-refractivity contribution < 1.29 is 14.7 Å². The number of nitrogens with one attached hydrogen (secondary N) is 2. The summed E-state index contributed by atoms with van der Waals surface area (Å²) in [6.07, 6.45) is 2.49. The quantitative estimate of drug-likeness (QED) is 0.633. The summed E-state index contributed by atoms with van der Waals surface area (Å²) >= 11 is 0. The second-order valence-corrected chi connectivity index (χ2v) is 4.23. The molecule has 0 bridgehead atoms. The number of amides is 2. The molecule has 1 rings (SSSR count). The topological polar surface area (TPSA) is 78.4 Å². The molecular formula is C10H18N2O3. The largest absolute Gasteiger partial charge is 0.480 e. The van der Waals surface area contributed by atoms with Crippen molar-refractivity contribution in [3.8, 4) is 0 Å². The van der Waals surface area contributed by atoms with E-state index in [4.69, 9.17) is 5.11 Å². The number of carbonyl (C=O) groups is 2. The third-order valence-electron chi connectivity index (χ3n) is 2.73. The van der Waals surface area contributed by atoms with Crippen molar-refractivity contribution in [2.75, 3.05) is 6.54 Å². The Morgan fingerprint density at radius 2 is 2.00 bits per heavy atom. The Morgan fingerprint density at radius 1 is 1.40 bits per heavy atom. The number of carboxylic acids is 1. The molecular weight excluding hydrogens is 196 g/mol. The lowest BCUT2D eigenvalue weighted by Gasteiger charge is -2.13. The van der Waals surface area contributed by atoms with Gasteiger partial charge in [-0.1, -0.05) is 6.92 Å². The Hall–Kier alpha value is -1.26. The maximum absolute atomic E-state index is 11.2. The molecule has 0 saturated heterocycles. The van der Waals surface area contributed by atoms with E-state index in [9.17, 15) is 9.59 Å². The lowest BCUT2D eigenvalue weighted by molar-refractivity contribution is -0.138. The lowest BCUT2D eigenvalue weighted by atomic mass is 10.1. The summed E-state index contributed by atoms with van der Waals surface area (Å²) in [5.74, 6) is 0.193. The van der Waals surface area contributed by atoms with Crippen LogP contribution in [-0.4, -0.2) is 29.7 Å². The van der Waals surface area contributed by atoms with Crippen LogP contribution >= 0.6 is 0 Å². The van der Waals surface area contributed by atoms with Gasteiger partial charge in [-0.25, -0.2) is 4.79 Å². The van der Waals surface area contributed by atoms with E-state index in [1.54, 1.807) is 0 Å². The molecule has 86 valence electrons. The predicted molar refractivity (Wildman–Crippen MR) is 55.5 cm³/mol. The van der Waals surface area contributed by atoms with Gasteiger partial charge in [-0.05, 0) is 31.6 Å². The first-order valence-corrected chi connectivity index (χ1v) is 5.28. The molecule has 5 heteroatoms. The minimum Gasteiger partial charge on any atom is -0.480 e. The summed E-state index contributed by atoms with van der Waals surface area (Å²) in [5.41, 5.74) is 0. The number of carboxylic acid groups (broad SMARTS) is 1. The Labute approximate surface area is 89.2 Å². The molecule has 0 spiro atoms. The Kier molecular flexibility index (Phi) is 3.94. The third-order valence-corrected chi connectivity index (χ3v) is 2.73. The molecule has 0 heterocycles. The third kappa shape index (κ3) is 4.18. The van der Waals surface area contributed by atoms with Gasteiger partial charge in [-0.3, -0.25) is 4.79 Å². The van der Waals surface area contributed by atoms with Crippen LogP contribution in [0.15, 0.2) is 0 Å². The first-order valence-electron chi connectivity index (χ1n) is 5.28. The maximum Gasteiger partial charge on any atom is 0.325 e. The van der Waals surface area contributed by atoms with Crippen molar-refractivity contribution in [1.82, 2.24) is 10.6 Å². The number of hydrogen-bond donors (Lipinski definition) is 3. The van der Waals surface area contributed by atoms with Gasteiger partial charge in [-0.2, -0.15) is 0 Å². The summed E-state index contributed by atoms with van der Waals surface area (Å²) in [4.78, 5) is 21.7. The predicted octanol–water partition coefficient (Wildman–Crippen LogP) is 0.805. The molecule has 0 aromatic carbocycles. The SMILES string of the molecule is CC(CNC(=O)N[C@@H](C)C(=O)O)C1CC1. The molecule has 15 heavy (non-hydrogen) atoms. The van der Waals surface area contributed by atoms with E-state index >= 15 is 0 Å². The average Bonchev–Trinajstić information content (AvgIpc) is 2.96. The molecule has 2 amide bonds. The molecule has 0 aromatic rings. The van der Waals surface area contributed by atoms with Crippen LogP contribution in [0.25, 0.3) is 0 Å². The van der Waals surface area contributed by atoms with Crippen molar-refractivity contribution in [3.05, 3.63) is 0 Å². The van der Waals surface area contributed by atoms with E-state index in [0.29, 0.717) is 12.5 Å². The van der Waals surface area contributed by atoms with Crippen LogP contribution < -0.4 is 10.6 Å². The molecule has 1 aliphatic rings. The van der Waals surface area contributed by atoms with Crippen molar-refractivity contribution in [1.29, 1.82) is 0 Å². The van der Waals surface area contributed by atoms with E-state index in [1.807, 2.05) is 0 Å². The highest BCUT2D eigenvalue weighted by Gasteiger charge is 2.27. The molecule has 2 atom stereocenters. The first-order chi connectivity index (χ1) is 7.00. The van der Waals surface area contributed by atoms with Gasteiger partial charge in [0.25, 0.3) is 0 Å². The van der Waals surface area contributed by atoms with E-state index in [-0.39, 0.29) is 0 Å². The number of hydrogen-bond acceptors (Lipinski definition) is 2. The van der Waals surface area contributed by atoms with Gasteiger partial charge in [0.15, 0.2) is 0 Å². The second kappa shape index (κ2) is 5.00. The van der Waals surface area contributed by atoms with Gasteiger partial charge in [0, 0.05) is 6.54 Å². The van der Waals surface area contributed by atoms with Crippen molar-refractivity contribution in [2.24, 2.45) is 11.8 Å². The fraction of sp³-hybridized carbons (Fsp3) is 0.800. The molecule has 1 aliphatic carbocycles. The van der Waals surface area contributed by atoms with Gasteiger partial charge < -0.3 is 15.7 Å². The van der Waals surface area contributed by atoms with Crippen LogP contribution in [0.5, 0.6) is 0 Å². The van der Waals surface area contributed by atoms with E-state index in [0.717, 1.165) is 5.92 Å². The number of rotatable bonds is 5. The lowest BCUT2D eigenvalue weighted by Crippen LogP contribution is -2.45. The monoisotopic (exact) mass is 214 g/mol. The van der Waals surface area contributed by atoms with Crippen LogP contribution in [0, 0.1) is 11.8 Å². The highest BCUT2D eigenvalue weighted by atomic mass is 16.4. The van der Waals surface area contributed by atoms with Gasteiger partial charge in [0.05, 0.1) is 0 Å². The molecule has 1 unspecified atom stereocenters. The normalized spacial score (nSPS) is 19.1. The summed E-state index contributed by atoms with van der Waals surface area (Å²) < 4.78 is 0. The molecule has 3 N–H and O–H groups in total. The number of urea groups is 1. The second-order valence-electron chi connectivity index (χ2n) is 4.23. The zero-order valence-electron chi connectivity index (χ0n) is 9.12. The smallest absolute Gasteiger partial charge is 0.325 e. The standard InChI is InChI=1S/C10H18N2O3/c1-6(8-3-4-8)5-11-10(15)12-7(2)9(13)14/h6-8H,3-5H2,1-2H3,(H,13,14)(H2,11,12,15)/t6?,7-/m0/s1. The van der Waals surface area contributed by atoms with Crippen LogP contribution in [0.1, 0.15) is 26.7 Å². The van der Waals surface area contributed by atoms with Gasteiger partial charge in [0.2, 0.25) is 0 Å². The highest BCUT2D eigenvalue weighted by molar-refractivity contribution is 5.82. The van der Waals surface area contributed by atoms with E-state index in [2.05, 4.69) is 17.6 Å². The first kappa shape index (κ1) is 11.8. The van der Waals surface area contributed by atoms with Crippen LogP contribution in [-0.2, 0) is 4.79 Å². The molecule has 0 aromatic heterocycles. The Bertz CT molecular complexity index is 251. The van der Waals surface area contributed by atoms with Crippen molar-refractivity contribution in [3.63, 3.8) is 0 Å². The molecule has 1 fully saturated rings. The zero-order valence-corrected chi connectivity index (χ0v) is 9.12. The molecule has 0 radical (unpaired) electrons. The van der Waals surface area contributed by atoms with E-state index < -0.39 is 18.0 Å². The van der Waals surface area contributed by atoms with Gasteiger partial charge >= 0.3 is 12.0 Å². The number of carbonyl (C=O) groups excluding carboxylic acids is 1. The van der Waals surface area contributed by atoms with Crippen LogP contribution in [0.2, 0.25) is 0 Å². The van der Waals surface area contributed by atoms with Crippen LogP contribution in [0.4, 0.5) is 4.79 Å². The Balaban J connectivity index is 2.14. The van der Waals surface area contributed by atoms with Gasteiger partial charge in [0.1, 0.15) is 6.04 Å². The minimum absolute atomic E-state index is 0.405. The van der Waals surface area contributed by atoms with Crippen molar-refractivity contribution >= 4 is 12.0 Å². The summed E-state index contributed by atoms with van der Waals surface area (Å²) in [6, 6.07) is -1.25. The summed E-state index contributed by atoms with van der Waals surface area (Å²) in [7, 11) is 0. The van der Waals surface area contributed by atoms with Crippen LogP contribution in [0.3, 0.4) is 0 Å². The molecule has 1 saturated carbocycles. The van der Waals surface area contributed by atoms with Gasteiger partial charge in [-0.15, -0.1) is 0 Å². The molecule has 5 nitrogen and oxygen atoms in total. The fourth-order valence-electron chi connectivity index (χ4n) is 1.40. The molecule has 0 aliphatic heterocycles. The van der Waals surface area contributed by atoms with Crippen molar-refractivity contribution in [2.45, 2.75) is 32.7 Å². The average molecular weight is 214 g/mol. The summed E-state index contributed by atoms with van der Waals surface area (Å²) in [6.45, 7) is 4.15. The zero-order chi connectivity index (χ0) is 11.4. The number of aliphatic carboxylic acids is 1. The minimum atomic E-state index is -1.03. The summed E-state index contributed by atoms with van der Waals surface area (Å²) in [5, 5.41) is 13.6. The fourth-order valence-corrected chi connectivity index (χ4v) is 1.40. The van der Waals surface area contributed by atoms with E-state index in [1.165, 1.54) is 19.8 Å². The maximum atomic E-state index is 11.2.